The molecule has 1 aromatic rings. The van der Waals surface area contributed by atoms with Crippen LogP contribution in [-0.4, -0.2) is 18.3 Å². The van der Waals surface area contributed by atoms with Gasteiger partial charge in [0.1, 0.15) is 0 Å². The Morgan fingerprint density at radius 2 is 2.05 bits per heavy atom. The molecule has 0 radical (unpaired) electrons. The van der Waals surface area contributed by atoms with E-state index in [1.807, 2.05) is 24.5 Å². The first kappa shape index (κ1) is 15.3. The van der Waals surface area contributed by atoms with Gasteiger partial charge in [0.15, 0.2) is 0 Å². The van der Waals surface area contributed by atoms with Crippen LogP contribution in [0.5, 0.6) is 0 Å². The lowest BCUT2D eigenvalue weighted by Crippen LogP contribution is -2.40. The minimum absolute atomic E-state index is 0.0780. The second kappa shape index (κ2) is 6.10. The zero-order valence-electron chi connectivity index (χ0n) is 12.9. The Bertz CT molecular complexity index is 527. The second-order valence-electron chi connectivity index (χ2n) is 6.26. The van der Waals surface area contributed by atoms with Gasteiger partial charge in [-0.05, 0) is 57.6 Å². The van der Waals surface area contributed by atoms with Crippen LogP contribution in [-0.2, 0) is 29.7 Å². The van der Waals surface area contributed by atoms with Crippen LogP contribution in [0.15, 0.2) is 10.9 Å². The van der Waals surface area contributed by atoms with E-state index >= 15 is 0 Å². The smallest absolute Gasteiger partial charge is 0.255 e. The molecule has 2 rings (SSSR count). The first-order chi connectivity index (χ1) is 9.45. The highest BCUT2D eigenvalue weighted by atomic mass is 16.5. The molecule has 20 heavy (non-hydrogen) atoms. The number of aromatic nitrogens is 1. The van der Waals surface area contributed by atoms with Crippen molar-refractivity contribution in [3.63, 3.8) is 0 Å². The molecule has 1 aliphatic carbocycles. The van der Waals surface area contributed by atoms with E-state index in [-0.39, 0.29) is 5.56 Å². The predicted molar refractivity (Wildman–Crippen MR) is 81.1 cm³/mol. The summed E-state index contributed by atoms with van der Waals surface area (Å²) in [5.74, 6) is 0. The summed E-state index contributed by atoms with van der Waals surface area (Å²) in [5, 5.41) is 0. The van der Waals surface area contributed by atoms with Crippen LogP contribution in [0.2, 0.25) is 0 Å². The van der Waals surface area contributed by atoms with Crippen LogP contribution in [0.3, 0.4) is 0 Å². The number of pyridine rings is 1. The number of fused-ring (bicyclic) bond motifs is 1. The molecular formula is C16H26N2O2. The summed E-state index contributed by atoms with van der Waals surface area (Å²) < 4.78 is 7.05. The summed E-state index contributed by atoms with van der Waals surface area (Å²) in [7, 11) is 1.69. The summed E-state index contributed by atoms with van der Waals surface area (Å²) in [5.41, 5.74) is 8.92. The number of ether oxygens (including phenoxy) is 1. The Kier molecular flexibility index (Phi) is 4.66. The van der Waals surface area contributed by atoms with E-state index in [1.165, 1.54) is 24.1 Å². The van der Waals surface area contributed by atoms with Crippen molar-refractivity contribution in [1.82, 2.24) is 4.57 Å². The standard InChI is InChI=1S/C16H26N2O2/c1-16(2,17)13-11-12-7-4-5-8-14(12)18(15(13)19)9-6-10-20-3/h11H,4-10,17H2,1-3H3. The van der Waals surface area contributed by atoms with E-state index in [4.69, 9.17) is 10.5 Å². The van der Waals surface area contributed by atoms with Gasteiger partial charge < -0.3 is 15.0 Å². The minimum Gasteiger partial charge on any atom is -0.385 e. The van der Waals surface area contributed by atoms with Crippen molar-refractivity contribution in [2.45, 2.75) is 58.0 Å². The lowest BCUT2D eigenvalue weighted by atomic mass is 9.89. The van der Waals surface area contributed by atoms with Gasteiger partial charge in [0.05, 0.1) is 0 Å². The van der Waals surface area contributed by atoms with Crippen molar-refractivity contribution in [3.05, 3.63) is 33.2 Å². The van der Waals surface area contributed by atoms with E-state index in [0.717, 1.165) is 31.4 Å². The highest BCUT2D eigenvalue weighted by molar-refractivity contribution is 5.32. The molecule has 0 atom stereocenters. The molecule has 1 aliphatic rings. The Labute approximate surface area is 120 Å². The third-order valence-electron chi connectivity index (χ3n) is 4.02. The molecule has 0 aromatic carbocycles. The fraction of sp³-hybridized carbons (Fsp3) is 0.688. The summed E-state index contributed by atoms with van der Waals surface area (Å²) in [4.78, 5) is 12.7. The molecule has 1 aromatic heterocycles. The maximum atomic E-state index is 12.7. The Morgan fingerprint density at radius 3 is 2.70 bits per heavy atom. The minimum atomic E-state index is -0.591. The van der Waals surface area contributed by atoms with Crippen molar-refractivity contribution >= 4 is 0 Å². The topological polar surface area (TPSA) is 57.2 Å². The van der Waals surface area contributed by atoms with Gasteiger partial charge in [0.25, 0.3) is 5.56 Å². The quantitative estimate of drug-likeness (QED) is 0.838. The highest BCUT2D eigenvalue weighted by Gasteiger charge is 2.24. The van der Waals surface area contributed by atoms with Crippen molar-refractivity contribution in [2.24, 2.45) is 5.73 Å². The molecule has 0 saturated carbocycles. The van der Waals surface area contributed by atoms with Gasteiger partial charge in [-0.2, -0.15) is 0 Å². The molecule has 4 nitrogen and oxygen atoms in total. The predicted octanol–water partition coefficient (Wildman–Crippen LogP) is 1.96. The summed E-state index contributed by atoms with van der Waals surface area (Å²) in [6, 6.07) is 2.05. The number of aryl methyl sites for hydroxylation is 1. The van der Waals surface area contributed by atoms with Gasteiger partial charge in [-0.3, -0.25) is 4.79 Å². The van der Waals surface area contributed by atoms with Crippen LogP contribution in [0.25, 0.3) is 0 Å². The number of nitrogens with zero attached hydrogens (tertiary/aromatic N) is 1. The molecule has 1 heterocycles. The van der Waals surface area contributed by atoms with E-state index in [9.17, 15) is 4.79 Å². The SMILES string of the molecule is COCCCn1c2c(cc(C(C)(C)N)c1=O)CCCC2. The van der Waals surface area contributed by atoms with Gasteiger partial charge in [0.2, 0.25) is 0 Å². The maximum absolute atomic E-state index is 12.7. The molecule has 4 heteroatoms. The molecule has 0 saturated heterocycles. The molecule has 0 spiro atoms. The second-order valence-corrected chi connectivity index (χ2v) is 6.26. The van der Waals surface area contributed by atoms with Crippen molar-refractivity contribution in [2.75, 3.05) is 13.7 Å². The summed E-state index contributed by atoms with van der Waals surface area (Å²) in [6.45, 7) is 5.20. The van der Waals surface area contributed by atoms with Crippen molar-refractivity contribution in [3.8, 4) is 0 Å². The van der Waals surface area contributed by atoms with Gasteiger partial charge in [-0.1, -0.05) is 0 Å². The third-order valence-corrected chi connectivity index (χ3v) is 4.02. The molecule has 112 valence electrons. The normalized spacial score (nSPS) is 15.2. The largest absolute Gasteiger partial charge is 0.385 e. The van der Waals surface area contributed by atoms with Crippen molar-refractivity contribution in [1.29, 1.82) is 0 Å². The van der Waals surface area contributed by atoms with E-state index in [1.54, 1.807) is 7.11 Å². The molecular weight excluding hydrogens is 252 g/mol. The third kappa shape index (κ3) is 3.13. The first-order valence-electron chi connectivity index (χ1n) is 7.49. The van der Waals surface area contributed by atoms with E-state index in [2.05, 4.69) is 0 Å². The van der Waals surface area contributed by atoms with Crippen LogP contribution >= 0.6 is 0 Å². The Balaban J connectivity index is 2.48. The first-order valence-corrected chi connectivity index (χ1v) is 7.49. The molecule has 0 fully saturated rings. The Morgan fingerprint density at radius 1 is 1.35 bits per heavy atom. The average molecular weight is 278 g/mol. The van der Waals surface area contributed by atoms with Crippen LogP contribution in [0, 0.1) is 0 Å². The van der Waals surface area contributed by atoms with Gasteiger partial charge in [0, 0.05) is 37.1 Å². The number of rotatable bonds is 5. The molecule has 0 aliphatic heterocycles. The van der Waals surface area contributed by atoms with E-state index < -0.39 is 5.54 Å². The number of hydrogen-bond donors (Lipinski definition) is 1. The van der Waals surface area contributed by atoms with Crippen molar-refractivity contribution < 1.29 is 4.74 Å². The van der Waals surface area contributed by atoms with E-state index in [0.29, 0.717) is 6.61 Å². The number of methoxy groups -OCH3 is 1. The highest BCUT2D eigenvalue weighted by Crippen LogP contribution is 2.24. The van der Waals surface area contributed by atoms with Gasteiger partial charge >= 0.3 is 0 Å². The number of hydrogen-bond acceptors (Lipinski definition) is 3. The van der Waals surface area contributed by atoms with Gasteiger partial charge in [-0.25, -0.2) is 0 Å². The zero-order valence-corrected chi connectivity index (χ0v) is 12.9. The zero-order chi connectivity index (χ0) is 14.8. The van der Waals surface area contributed by atoms with Crippen LogP contribution in [0.1, 0.15) is 49.9 Å². The Hall–Kier alpha value is -1.13. The van der Waals surface area contributed by atoms with Crippen LogP contribution < -0.4 is 11.3 Å². The monoisotopic (exact) mass is 278 g/mol. The fourth-order valence-electron chi connectivity index (χ4n) is 2.95. The molecule has 0 amide bonds. The van der Waals surface area contributed by atoms with Crippen LogP contribution in [0.4, 0.5) is 0 Å². The molecule has 2 N–H and O–H groups in total. The lowest BCUT2D eigenvalue weighted by molar-refractivity contribution is 0.189. The fourth-order valence-corrected chi connectivity index (χ4v) is 2.95. The summed E-state index contributed by atoms with van der Waals surface area (Å²) >= 11 is 0. The summed E-state index contributed by atoms with van der Waals surface area (Å²) in [6.07, 6.45) is 5.29. The average Bonchev–Trinajstić information content (AvgIpc) is 2.39. The molecule has 0 bridgehead atoms. The lowest BCUT2D eigenvalue weighted by Gasteiger charge is -2.26. The maximum Gasteiger partial charge on any atom is 0.255 e. The van der Waals surface area contributed by atoms with Gasteiger partial charge in [-0.15, -0.1) is 0 Å². The molecule has 0 unspecified atom stereocenters. The number of nitrogens with two attached hydrogens (primary N) is 1.